The molecule has 1 aromatic carbocycles. The average molecular weight is 428 g/mol. The summed E-state index contributed by atoms with van der Waals surface area (Å²) in [6, 6.07) is 21.8. The Morgan fingerprint density at radius 2 is 1.81 bits per heavy atom. The van der Waals surface area contributed by atoms with Gasteiger partial charge < -0.3 is 19.5 Å². The molecule has 6 nitrogen and oxygen atoms in total. The first kappa shape index (κ1) is 19.3. The average Bonchev–Trinajstić information content (AvgIpc) is 3.44. The normalized spacial score (nSPS) is 18.1. The fourth-order valence-electron chi connectivity index (χ4n) is 4.04. The lowest BCUT2D eigenvalue weighted by Gasteiger charge is -2.29. The molecule has 1 aliphatic rings. The molecule has 7 heteroatoms. The largest absolute Gasteiger partial charge is 0.497 e. The van der Waals surface area contributed by atoms with Crippen LogP contribution in [-0.4, -0.2) is 26.8 Å². The van der Waals surface area contributed by atoms with E-state index in [1.807, 2.05) is 73.1 Å². The molecule has 5 rings (SSSR count). The Kier molecular flexibility index (Phi) is 5.09. The van der Waals surface area contributed by atoms with E-state index in [-0.39, 0.29) is 12.1 Å². The molecule has 4 aromatic rings. The molecular weight excluding hydrogens is 406 g/mol. The maximum absolute atomic E-state index is 5.81. The van der Waals surface area contributed by atoms with Crippen molar-refractivity contribution in [3.05, 3.63) is 103 Å². The zero-order valence-corrected chi connectivity index (χ0v) is 17.7. The fourth-order valence-corrected chi connectivity index (χ4v) is 4.39. The first-order chi connectivity index (χ1) is 15.3. The van der Waals surface area contributed by atoms with E-state index in [0.29, 0.717) is 5.11 Å². The van der Waals surface area contributed by atoms with Crippen molar-refractivity contribution in [3.63, 3.8) is 0 Å². The number of benzene rings is 1. The molecule has 1 fully saturated rings. The third-order valence-corrected chi connectivity index (χ3v) is 5.77. The second-order valence-corrected chi connectivity index (χ2v) is 7.60. The molecule has 4 heterocycles. The van der Waals surface area contributed by atoms with Crippen molar-refractivity contribution in [1.29, 1.82) is 0 Å². The van der Waals surface area contributed by atoms with Crippen LogP contribution in [0.25, 0.3) is 5.69 Å². The smallest absolute Gasteiger partial charge is 0.174 e. The summed E-state index contributed by atoms with van der Waals surface area (Å²) in [4.78, 5) is 11.1. The van der Waals surface area contributed by atoms with E-state index in [9.17, 15) is 0 Å². The molecule has 31 heavy (non-hydrogen) atoms. The van der Waals surface area contributed by atoms with E-state index in [2.05, 4.69) is 37.0 Å². The number of hydrogen-bond acceptors (Lipinski definition) is 4. The predicted octanol–water partition coefficient (Wildman–Crippen LogP) is 4.45. The highest BCUT2D eigenvalue weighted by atomic mass is 32.1. The summed E-state index contributed by atoms with van der Waals surface area (Å²) in [6.45, 7) is 0. The Bertz CT molecular complexity index is 1180. The van der Waals surface area contributed by atoms with E-state index < -0.39 is 0 Å². The maximum Gasteiger partial charge on any atom is 0.174 e. The third kappa shape index (κ3) is 3.53. The SMILES string of the molecule is COc1ccc(N2C(=S)NC(c3ccccn3)C2c2cccn2-c2cccnc2)cc1. The summed E-state index contributed by atoms with van der Waals surface area (Å²) in [5.41, 5.74) is 4.01. The van der Waals surface area contributed by atoms with Crippen molar-refractivity contribution in [3.8, 4) is 11.4 Å². The van der Waals surface area contributed by atoms with E-state index >= 15 is 0 Å². The zero-order valence-electron chi connectivity index (χ0n) is 16.9. The van der Waals surface area contributed by atoms with Gasteiger partial charge in [-0.05, 0) is 72.9 Å². The molecule has 0 saturated carbocycles. The molecule has 1 N–H and O–H groups in total. The molecule has 1 saturated heterocycles. The van der Waals surface area contributed by atoms with Gasteiger partial charge in [-0.25, -0.2) is 0 Å². The van der Waals surface area contributed by atoms with Crippen molar-refractivity contribution in [2.24, 2.45) is 0 Å². The maximum atomic E-state index is 5.81. The lowest BCUT2D eigenvalue weighted by Crippen LogP contribution is -2.30. The predicted molar refractivity (Wildman–Crippen MR) is 124 cm³/mol. The van der Waals surface area contributed by atoms with Crippen LogP contribution in [0.3, 0.4) is 0 Å². The minimum Gasteiger partial charge on any atom is -0.497 e. The van der Waals surface area contributed by atoms with Gasteiger partial charge in [-0.15, -0.1) is 0 Å². The molecule has 2 atom stereocenters. The van der Waals surface area contributed by atoms with Crippen molar-refractivity contribution in [2.75, 3.05) is 12.0 Å². The van der Waals surface area contributed by atoms with E-state index in [0.717, 1.165) is 28.5 Å². The standard InChI is InChI=1S/C24H21N5OS/c1-30-19-11-9-17(10-12-19)29-23(22(27-24(29)31)20-7-2-3-14-26-20)21-8-5-15-28(21)18-6-4-13-25-16-18/h2-16,22-23H,1H3,(H,27,31). The monoisotopic (exact) mass is 427 g/mol. The quantitative estimate of drug-likeness (QED) is 0.475. The van der Waals surface area contributed by atoms with Gasteiger partial charge in [0.25, 0.3) is 0 Å². The number of nitrogens with one attached hydrogen (secondary N) is 1. The summed E-state index contributed by atoms with van der Waals surface area (Å²) >= 11 is 5.81. The molecule has 0 aliphatic carbocycles. The van der Waals surface area contributed by atoms with Crippen molar-refractivity contribution < 1.29 is 4.74 Å². The minimum atomic E-state index is -0.110. The third-order valence-electron chi connectivity index (χ3n) is 5.46. The Morgan fingerprint density at radius 3 is 2.52 bits per heavy atom. The van der Waals surface area contributed by atoms with Crippen LogP contribution in [0.15, 0.2) is 91.5 Å². The number of pyridine rings is 2. The van der Waals surface area contributed by atoms with Crippen LogP contribution in [0.2, 0.25) is 0 Å². The van der Waals surface area contributed by atoms with Crippen molar-refractivity contribution >= 4 is 23.0 Å². The van der Waals surface area contributed by atoms with Crippen molar-refractivity contribution in [2.45, 2.75) is 12.1 Å². The van der Waals surface area contributed by atoms with Crippen LogP contribution < -0.4 is 15.0 Å². The molecule has 0 bridgehead atoms. The summed E-state index contributed by atoms with van der Waals surface area (Å²) in [7, 11) is 1.66. The van der Waals surface area contributed by atoms with Gasteiger partial charge in [0, 0.05) is 30.0 Å². The fraction of sp³-hybridized carbons (Fsp3) is 0.125. The summed E-state index contributed by atoms with van der Waals surface area (Å²) in [5, 5.41) is 4.16. The number of methoxy groups -OCH3 is 1. The Balaban J connectivity index is 1.65. The van der Waals surface area contributed by atoms with Crippen LogP contribution in [0.4, 0.5) is 5.69 Å². The number of thiocarbonyl (C=S) groups is 1. The van der Waals surface area contributed by atoms with Gasteiger partial charge in [0.1, 0.15) is 11.8 Å². The minimum absolute atomic E-state index is 0.106. The van der Waals surface area contributed by atoms with Crippen molar-refractivity contribution in [1.82, 2.24) is 19.9 Å². The molecule has 3 aromatic heterocycles. The van der Waals surface area contributed by atoms with Crippen LogP contribution in [-0.2, 0) is 0 Å². The number of rotatable bonds is 5. The molecule has 0 radical (unpaired) electrons. The Hall–Kier alpha value is -3.71. The van der Waals surface area contributed by atoms with Crippen LogP contribution in [0.1, 0.15) is 23.5 Å². The van der Waals surface area contributed by atoms with Gasteiger partial charge in [0.05, 0.1) is 30.7 Å². The van der Waals surface area contributed by atoms with Gasteiger partial charge in [-0.2, -0.15) is 0 Å². The van der Waals surface area contributed by atoms with Crippen LogP contribution >= 0.6 is 12.2 Å². The van der Waals surface area contributed by atoms with E-state index in [1.54, 1.807) is 13.3 Å². The highest BCUT2D eigenvalue weighted by molar-refractivity contribution is 7.80. The number of nitrogens with zero attached hydrogens (tertiary/aromatic N) is 4. The lowest BCUT2D eigenvalue weighted by atomic mass is 10.0. The molecule has 1 aliphatic heterocycles. The Morgan fingerprint density at radius 1 is 0.935 bits per heavy atom. The van der Waals surface area contributed by atoms with Gasteiger partial charge >= 0.3 is 0 Å². The molecule has 0 amide bonds. The highest BCUT2D eigenvalue weighted by Crippen LogP contribution is 2.42. The molecule has 154 valence electrons. The highest BCUT2D eigenvalue weighted by Gasteiger charge is 2.42. The van der Waals surface area contributed by atoms with E-state index in [4.69, 9.17) is 17.0 Å². The lowest BCUT2D eigenvalue weighted by molar-refractivity contribution is 0.415. The van der Waals surface area contributed by atoms with Crippen LogP contribution in [0, 0.1) is 0 Å². The number of aromatic nitrogens is 3. The zero-order chi connectivity index (χ0) is 21.2. The first-order valence-corrected chi connectivity index (χ1v) is 10.4. The number of anilines is 1. The number of ether oxygens (including phenoxy) is 1. The van der Waals surface area contributed by atoms with Gasteiger partial charge in [-0.1, -0.05) is 6.07 Å². The second kappa shape index (κ2) is 8.20. The van der Waals surface area contributed by atoms with Gasteiger partial charge in [0.15, 0.2) is 5.11 Å². The second-order valence-electron chi connectivity index (χ2n) is 7.21. The van der Waals surface area contributed by atoms with Gasteiger partial charge in [0.2, 0.25) is 0 Å². The topological polar surface area (TPSA) is 55.2 Å². The van der Waals surface area contributed by atoms with Gasteiger partial charge in [-0.3, -0.25) is 9.97 Å². The number of hydrogen-bond donors (Lipinski definition) is 1. The first-order valence-electron chi connectivity index (χ1n) is 9.98. The van der Waals surface area contributed by atoms with Crippen LogP contribution in [0.5, 0.6) is 5.75 Å². The molecular formula is C24H21N5OS. The summed E-state index contributed by atoms with van der Waals surface area (Å²) in [6.07, 6.45) is 7.50. The Labute approximate surface area is 186 Å². The van der Waals surface area contributed by atoms with E-state index in [1.165, 1.54) is 0 Å². The molecule has 2 unspecified atom stereocenters. The summed E-state index contributed by atoms with van der Waals surface area (Å²) < 4.78 is 7.49. The summed E-state index contributed by atoms with van der Waals surface area (Å²) in [5.74, 6) is 0.804. The molecule has 0 spiro atoms.